The first-order chi connectivity index (χ1) is 8.13. The summed E-state index contributed by atoms with van der Waals surface area (Å²) >= 11 is 3.66. The molecule has 2 heteroatoms. The van der Waals surface area contributed by atoms with Crippen LogP contribution in [0.25, 0.3) is 0 Å². The Kier molecular flexibility index (Phi) is 4.26. The lowest BCUT2D eigenvalue weighted by Gasteiger charge is -2.25. The third-order valence-corrected chi connectivity index (χ3v) is 4.68. The summed E-state index contributed by atoms with van der Waals surface area (Å²) in [4.78, 5) is 0. The van der Waals surface area contributed by atoms with E-state index in [1.165, 1.54) is 35.7 Å². The van der Waals surface area contributed by atoms with E-state index in [0.29, 0.717) is 5.41 Å². The second kappa shape index (κ2) is 5.53. The van der Waals surface area contributed by atoms with Crippen LogP contribution < -0.4 is 5.32 Å². The second-order valence-electron chi connectivity index (χ2n) is 5.58. The standard InChI is InChI=1S/C15H22BrN/c1-3-17-13-8-9-15(2,11-13)10-12-6-4-5-7-14(12)16/h4-7,13,17H,3,8-11H2,1-2H3. The summed E-state index contributed by atoms with van der Waals surface area (Å²) in [5, 5.41) is 3.59. The van der Waals surface area contributed by atoms with Crippen molar-refractivity contribution in [2.45, 2.75) is 45.6 Å². The predicted octanol–water partition coefficient (Wildman–Crippen LogP) is 4.16. The fraction of sp³-hybridized carbons (Fsp3) is 0.600. The van der Waals surface area contributed by atoms with Crippen molar-refractivity contribution in [1.29, 1.82) is 0 Å². The van der Waals surface area contributed by atoms with Gasteiger partial charge in [0, 0.05) is 10.5 Å². The van der Waals surface area contributed by atoms with Crippen molar-refractivity contribution in [2.75, 3.05) is 6.54 Å². The molecule has 1 nitrogen and oxygen atoms in total. The van der Waals surface area contributed by atoms with Crippen molar-refractivity contribution in [2.24, 2.45) is 5.41 Å². The molecule has 2 atom stereocenters. The highest BCUT2D eigenvalue weighted by Crippen LogP contribution is 2.41. The second-order valence-corrected chi connectivity index (χ2v) is 6.43. The molecule has 0 heterocycles. The van der Waals surface area contributed by atoms with Crippen molar-refractivity contribution < 1.29 is 0 Å². The first kappa shape index (κ1) is 13.1. The summed E-state index contributed by atoms with van der Waals surface area (Å²) in [6, 6.07) is 9.35. The summed E-state index contributed by atoms with van der Waals surface area (Å²) in [5.74, 6) is 0. The molecule has 0 spiro atoms. The van der Waals surface area contributed by atoms with Gasteiger partial charge in [-0.05, 0) is 49.3 Å². The largest absolute Gasteiger partial charge is 0.314 e. The Morgan fingerprint density at radius 1 is 1.41 bits per heavy atom. The van der Waals surface area contributed by atoms with Crippen LogP contribution in [0.3, 0.4) is 0 Å². The third-order valence-electron chi connectivity index (χ3n) is 3.90. The van der Waals surface area contributed by atoms with Gasteiger partial charge in [-0.15, -0.1) is 0 Å². The quantitative estimate of drug-likeness (QED) is 0.879. The number of hydrogen-bond donors (Lipinski definition) is 1. The Bertz CT molecular complexity index is 377. The molecule has 1 aromatic carbocycles. The van der Waals surface area contributed by atoms with Crippen LogP contribution in [0.15, 0.2) is 28.7 Å². The Hall–Kier alpha value is -0.340. The van der Waals surface area contributed by atoms with E-state index in [2.05, 4.69) is 59.4 Å². The lowest BCUT2D eigenvalue weighted by Crippen LogP contribution is -2.28. The molecule has 1 N–H and O–H groups in total. The van der Waals surface area contributed by atoms with E-state index in [0.717, 1.165) is 12.6 Å². The van der Waals surface area contributed by atoms with Crippen LogP contribution in [0, 0.1) is 5.41 Å². The maximum atomic E-state index is 3.66. The van der Waals surface area contributed by atoms with Crippen LogP contribution in [0.1, 0.15) is 38.7 Å². The molecule has 17 heavy (non-hydrogen) atoms. The molecular weight excluding hydrogens is 274 g/mol. The van der Waals surface area contributed by atoms with Gasteiger partial charge >= 0.3 is 0 Å². The summed E-state index contributed by atoms with van der Waals surface area (Å²) < 4.78 is 1.26. The molecule has 1 saturated carbocycles. The van der Waals surface area contributed by atoms with E-state index >= 15 is 0 Å². The Balaban J connectivity index is 2.02. The maximum absolute atomic E-state index is 3.66. The predicted molar refractivity (Wildman–Crippen MR) is 77.3 cm³/mol. The van der Waals surface area contributed by atoms with Crippen molar-refractivity contribution in [1.82, 2.24) is 5.32 Å². The highest BCUT2D eigenvalue weighted by molar-refractivity contribution is 9.10. The maximum Gasteiger partial charge on any atom is 0.0207 e. The molecule has 0 saturated heterocycles. The topological polar surface area (TPSA) is 12.0 Å². The zero-order chi connectivity index (χ0) is 12.3. The van der Waals surface area contributed by atoms with Gasteiger partial charge in [-0.25, -0.2) is 0 Å². The van der Waals surface area contributed by atoms with E-state index in [-0.39, 0.29) is 0 Å². The molecule has 0 bridgehead atoms. The minimum Gasteiger partial charge on any atom is -0.314 e. The molecule has 1 aromatic rings. The number of nitrogens with one attached hydrogen (secondary N) is 1. The fourth-order valence-electron chi connectivity index (χ4n) is 3.05. The zero-order valence-electron chi connectivity index (χ0n) is 10.8. The van der Waals surface area contributed by atoms with E-state index in [1.54, 1.807) is 0 Å². The van der Waals surface area contributed by atoms with Gasteiger partial charge in [0.25, 0.3) is 0 Å². The molecular formula is C15H22BrN. The van der Waals surface area contributed by atoms with Crippen LogP contribution in [0.2, 0.25) is 0 Å². The molecule has 1 aliphatic carbocycles. The third kappa shape index (κ3) is 3.32. The molecule has 94 valence electrons. The van der Waals surface area contributed by atoms with Gasteiger partial charge in [-0.2, -0.15) is 0 Å². The van der Waals surface area contributed by atoms with E-state index in [9.17, 15) is 0 Å². The lowest BCUT2D eigenvalue weighted by molar-refractivity contribution is 0.322. The zero-order valence-corrected chi connectivity index (χ0v) is 12.4. The Labute approximate surface area is 113 Å². The van der Waals surface area contributed by atoms with E-state index in [4.69, 9.17) is 0 Å². The van der Waals surface area contributed by atoms with Crippen LogP contribution in [0.5, 0.6) is 0 Å². The fourth-order valence-corrected chi connectivity index (χ4v) is 3.47. The minimum atomic E-state index is 0.469. The molecule has 0 aliphatic heterocycles. The Morgan fingerprint density at radius 3 is 2.88 bits per heavy atom. The van der Waals surface area contributed by atoms with Crippen molar-refractivity contribution in [3.05, 3.63) is 34.3 Å². The first-order valence-electron chi connectivity index (χ1n) is 6.60. The van der Waals surface area contributed by atoms with Gasteiger partial charge in [-0.3, -0.25) is 0 Å². The highest BCUT2D eigenvalue weighted by atomic mass is 79.9. The molecule has 0 amide bonds. The number of halogens is 1. The van der Waals surface area contributed by atoms with Crippen molar-refractivity contribution in [3.63, 3.8) is 0 Å². The number of hydrogen-bond acceptors (Lipinski definition) is 1. The van der Waals surface area contributed by atoms with Gasteiger partial charge < -0.3 is 5.32 Å². The van der Waals surface area contributed by atoms with Gasteiger partial charge in [0.05, 0.1) is 0 Å². The normalized spacial score (nSPS) is 28.5. The molecule has 0 aromatic heterocycles. The van der Waals surface area contributed by atoms with Crippen LogP contribution in [-0.2, 0) is 6.42 Å². The molecule has 1 aliphatic rings. The van der Waals surface area contributed by atoms with Crippen molar-refractivity contribution >= 4 is 15.9 Å². The van der Waals surface area contributed by atoms with Gasteiger partial charge in [0.1, 0.15) is 0 Å². The van der Waals surface area contributed by atoms with Crippen molar-refractivity contribution in [3.8, 4) is 0 Å². The molecule has 2 unspecified atom stereocenters. The minimum absolute atomic E-state index is 0.469. The lowest BCUT2D eigenvalue weighted by atomic mass is 9.82. The average Bonchev–Trinajstić information content (AvgIpc) is 2.64. The summed E-state index contributed by atoms with van der Waals surface area (Å²) in [5.41, 5.74) is 1.92. The SMILES string of the molecule is CCNC1CCC(C)(Cc2ccccc2Br)C1. The molecule has 0 radical (unpaired) electrons. The van der Waals surface area contributed by atoms with Crippen LogP contribution in [0.4, 0.5) is 0 Å². The summed E-state index contributed by atoms with van der Waals surface area (Å²) in [6.45, 7) is 5.73. The smallest absolute Gasteiger partial charge is 0.0207 e. The van der Waals surface area contributed by atoms with E-state index < -0.39 is 0 Å². The van der Waals surface area contributed by atoms with E-state index in [1.807, 2.05) is 0 Å². The average molecular weight is 296 g/mol. The monoisotopic (exact) mass is 295 g/mol. The van der Waals surface area contributed by atoms with Crippen LogP contribution >= 0.6 is 15.9 Å². The highest BCUT2D eigenvalue weighted by Gasteiger charge is 2.34. The van der Waals surface area contributed by atoms with Crippen LogP contribution in [-0.4, -0.2) is 12.6 Å². The Morgan fingerprint density at radius 2 is 2.18 bits per heavy atom. The van der Waals surface area contributed by atoms with Gasteiger partial charge in [-0.1, -0.05) is 48.0 Å². The number of benzene rings is 1. The summed E-state index contributed by atoms with van der Waals surface area (Å²) in [6.07, 6.45) is 5.17. The summed E-state index contributed by atoms with van der Waals surface area (Å²) in [7, 11) is 0. The molecule has 2 rings (SSSR count). The van der Waals surface area contributed by atoms with Gasteiger partial charge in [0.15, 0.2) is 0 Å². The number of rotatable bonds is 4. The van der Waals surface area contributed by atoms with Gasteiger partial charge in [0.2, 0.25) is 0 Å². The molecule has 1 fully saturated rings. The first-order valence-corrected chi connectivity index (χ1v) is 7.39.